The van der Waals surface area contributed by atoms with Crippen LogP contribution in [0.25, 0.3) is 10.9 Å². The molecule has 1 amide bonds. The van der Waals surface area contributed by atoms with Gasteiger partial charge in [0.1, 0.15) is 5.82 Å². The normalized spacial score (nSPS) is 16.8. The van der Waals surface area contributed by atoms with Crippen molar-refractivity contribution in [3.63, 3.8) is 0 Å². The first-order valence-electron chi connectivity index (χ1n) is 11.3. The summed E-state index contributed by atoms with van der Waals surface area (Å²) in [5.41, 5.74) is 2.76. The molecule has 5 rings (SSSR count). The molecule has 33 heavy (non-hydrogen) atoms. The second-order valence-electron chi connectivity index (χ2n) is 8.60. The minimum atomic E-state index is -3.57. The summed E-state index contributed by atoms with van der Waals surface area (Å²) in [6, 6.07) is 12.5. The van der Waals surface area contributed by atoms with Gasteiger partial charge in [0, 0.05) is 39.0 Å². The lowest BCUT2D eigenvalue weighted by Gasteiger charge is -2.34. The third-order valence-corrected chi connectivity index (χ3v) is 8.43. The number of hydrogen-bond acceptors (Lipinski definition) is 5. The van der Waals surface area contributed by atoms with Gasteiger partial charge in [-0.05, 0) is 54.7 Å². The van der Waals surface area contributed by atoms with Crippen molar-refractivity contribution in [2.45, 2.75) is 37.0 Å². The molecule has 0 radical (unpaired) electrons. The number of carbonyl (C=O) groups excluding carboxylic acids is 1. The highest BCUT2D eigenvalue weighted by atomic mass is 32.2. The van der Waals surface area contributed by atoms with Gasteiger partial charge < -0.3 is 9.88 Å². The van der Waals surface area contributed by atoms with Crippen molar-refractivity contribution in [3.05, 3.63) is 69.8 Å². The highest BCUT2D eigenvalue weighted by Crippen LogP contribution is 2.26. The largest absolute Gasteiger partial charge is 0.340 e. The van der Waals surface area contributed by atoms with Gasteiger partial charge in [0.25, 0.3) is 5.56 Å². The van der Waals surface area contributed by atoms with E-state index >= 15 is 0 Å². The number of rotatable bonds is 5. The van der Waals surface area contributed by atoms with Gasteiger partial charge >= 0.3 is 0 Å². The maximum Gasteiger partial charge on any atom is 0.258 e. The molecule has 9 heteroatoms. The van der Waals surface area contributed by atoms with Crippen LogP contribution in [0.1, 0.15) is 29.8 Å². The predicted molar refractivity (Wildman–Crippen MR) is 124 cm³/mol. The Hall–Kier alpha value is -3.04. The molecule has 0 atom stereocenters. The summed E-state index contributed by atoms with van der Waals surface area (Å²) in [6.45, 7) is 1.25. The number of aromatic nitrogens is 2. The fourth-order valence-electron chi connectivity index (χ4n) is 4.67. The molecule has 1 saturated heterocycles. The number of para-hydroxylation sites is 1. The van der Waals surface area contributed by atoms with E-state index < -0.39 is 10.0 Å². The highest BCUT2D eigenvalue weighted by molar-refractivity contribution is 7.89. The minimum absolute atomic E-state index is 0.0691. The van der Waals surface area contributed by atoms with E-state index in [0.717, 1.165) is 24.8 Å². The van der Waals surface area contributed by atoms with Crippen LogP contribution in [0.4, 0.5) is 0 Å². The third kappa shape index (κ3) is 4.30. The molecule has 3 aromatic rings. The second kappa shape index (κ2) is 8.72. The second-order valence-corrected chi connectivity index (χ2v) is 10.5. The lowest BCUT2D eigenvalue weighted by atomic mass is 10.1. The third-order valence-electron chi connectivity index (χ3n) is 6.54. The molecule has 0 saturated carbocycles. The van der Waals surface area contributed by atoms with E-state index in [1.165, 1.54) is 9.87 Å². The molecular weight excluding hydrogens is 440 g/mol. The van der Waals surface area contributed by atoms with Gasteiger partial charge in [0.05, 0.1) is 15.8 Å². The van der Waals surface area contributed by atoms with Crippen molar-refractivity contribution in [3.8, 4) is 0 Å². The summed E-state index contributed by atoms with van der Waals surface area (Å²) in [5, 5.41) is 0.522. The smallest absolute Gasteiger partial charge is 0.258 e. The first-order chi connectivity index (χ1) is 15.9. The number of nitrogens with one attached hydrogen (secondary N) is 1. The quantitative estimate of drug-likeness (QED) is 0.618. The highest BCUT2D eigenvalue weighted by Gasteiger charge is 2.30. The number of benzene rings is 2. The molecule has 1 aromatic heterocycles. The molecule has 0 spiro atoms. The van der Waals surface area contributed by atoms with Crippen molar-refractivity contribution in [1.29, 1.82) is 0 Å². The van der Waals surface area contributed by atoms with Crippen molar-refractivity contribution in [1.82, 2.24) is 19.2 Å². The Morgan fingerprint density at radius 1 is 1.00 bits per heavy atom. The summed E-state index contributed by atoms with van der Waals surface area (Å²) in [6.07, 6.45) is 3.55. The molecule has 2 heterocycles. The molecular formula is C24H26N4O4S. The molecule has 0 bridgehead atoms. The fraction of sp³-hybridized carbons (Fsp3) is 0.375. The van der Waals surface area contributed by atoms with Crippen molar-refractivity contribution in [2.24, 2.45) is 0 Å². The van der Waals surface area contributed by atoms with Gasteiger partial charge in [-0.15, -0.1) is 0 Å². The van der Waals surface area contributed by atoms with Crippen molar-refractivity contribution in [2.75, 3.05) is 26.2 Å². The van der Waals surface area contributed by atoms with Gasteiger partial charge in [-0.25, -0.2) is 13.4 Å². The zero-order chi connectivity index (χ0) is 23.0. The summed E-state index contributed by atoms with van der Waals surface area (Å²) >= 11 is 0. The Labute approximate surface area is 192 Å². The number of nitrogens with zero attached hydrogens (tertiary/aromatic N) is 3. The molecule has 1 aliphatic carbocycles. The Morgan fingerprint density at radius 3 is 2.58 bits per heavy atom. The molecule has 1 aliphatic heterocycles. The average Bonchev–Trinajstić information content (AvgIpc) is 3.31. The number of aromatic amines is 1. The van der Waals surface area contributed by atoms with E-state index in [1.807, 2.05) is 18.2 Å². The maximum atomic E-state index is 13.1. The van der Waals surface area contributed by atoms with E-state index in [1.54, 1.807) is 29.2 Å². The zero-order valence-corrected chi connectivity index (χ0v) is 19.1. The van der Waals surface area contributed by atoms with Crippen LogP contribution in [0.2, 0.25) is 0 Å². The number of carbonyl (C=O) groups is 1. The Balaban J connectivity index is 1.19. The van der Waals surface area contributed by atoms with Crippen LogP contribution in [0, 0.1) is 0 Å². The summed E-state index contributed by atoms with van der Waals surface area (Å²) in [4.78, 5) is 34.1. The number of aryl methyl sites for hydroxylation is 3. The maximum absolute atomic E-state index is 13.1. The first-order valence-corrected chi connectivity index (χ1v) is 12.7. The first kappa shape index (κ1) is 21.8. The van der Waals surface area contributed by atoms with Crippen molar-refractivity contribution < 1.29 is 13.2 Å². The zero-order valence-electron chi connectivity index (χ0n) is 18.3. The number of amides is 1. The van der Waals surface area contributed by atoms with E-state index in [0.29, 0.717) is 41.1 Å². The molecule has 1 fully saturated rings. The van der Waals surface area contributed by atoms with E-state index in [9.17, 15) is 18.0 Å². The Kier molecular flexibility index (Phi) is 5.76. The number of piperazine rings is 1. The minimum Gasteiger partial charge on any atom is -0.340 e. The Morgan fingerprint density at radius 2 is 1.76 bits per heavy atom. The van der Waals surface area contributed by atoms with Crippen LogP contribution < -0.4 is 5.56 Å². The van der Waals surface area contributed by atoms with Gasteiger partial charge in [-0.3, -0.25) is 9.59 Å². The van der Waals surface area contributed by atoms with E-state index in [-0.39, 0.29) is 31.0 Å². The van der Waals surface area contributed by atoms with E-state index in [4.69, 9.17) is 0 Å². The van der Waals surface area contributed by atoms with Crippen LogP contribution in [0.15, 0.2) is 52.2 Å². The van der Waals surface area contributed by atoms with Crippen LogP contribution >= 0.6 is 0 Å². The Bertz CT molecular complexity index is 1370. The van der Waals surface area contributed by atoms with Crippen LogP contribution in [0.5, 0.6) is 0 Å². The monoisotopic (exact) mass is 466 g/mol. The van der Waals surface area contributed by atoms with Crippen LogP contribution in [-0.2, 0) is 34.1 Å². The van der Waals surface area contributed by atoms with Gasteiger partial charge in [-0.2, -0.15) is 4.31 Å². The summed E-state index contributed by atoms with van der Waals surface area (Å²) < 4.78 is 27.7. The predicted octanol–water partition coefficient (Wildman–Crippen LogP) is 1.88. The topological polar surface area (TPSA) is 103 Å². The van der Waals surface area contributed by atoms with Gasteiger partial charge in [0.2, 0.25) is 15.9 Å². The van der Waals surface area contributed by atoms with Crippen LogP contribution in [-0.4, -0.2) is 59.7 Å². The van der Waals surface area contributed by atoms with E-state index in [2.05, 4.69) is 9.97 Å². The molecule has 2 aromatic carbocycles. The lowest BCUT2D eigenvalue weighted by molar-refractivity contribution is -0.132. The molecule has 1 N–H and O–H groups in total. The molecule has 2 aliphatic rings. The molecule has 0 unspecified atom stereocenters. The number of hydrogen-bond donors (Lipinski definition) is 1. The van der Waals surface area contributed by atoms with Crippen LogP contribution in [0.3, 0.4) is 0 Å². The number of H-pyrrole nitrogens is 1. The van der Waals surface area contributed by atoms with Gasteiger partial charge in [-0.1, -0.05) is 18.2 Å². The lowest BCUT2D eigenvalue weighted by Crippen LogP contribution is -2.50. The fourth-order valence-corrected chi connectivity index (χ4v) is 6.15. The summed E-state index contributed by atoms with van der Waals surface area (Å²) in [5.74, 6) is 0.408. The molecule has 172 valence electrons. The molecule has 8 nitrogen and oxygen atoms in total. The average molecular weight is 467 g/mol. The summed E-state index contributed by atoms with van der Waals surface area (Å²) in [7, 11) is -3.57. The van der Waals surface area contributed by atoms with Crippen molar-refractivity contribution >= 4 is 26.8 Å². The number of sulfonamides is 1. The van der Waals surface area contributed by atoms with Gasteiger partial charge in [0.15, 0.2) is 0 Å². The standard InChI is InChI=1S/C24H26N4O4S/c29-23(11-10-22-25-21-7-2-1-6-20(21)24(30)26-22)27-12-14-28(15-13-27)33(31,32)19-9-8-17-4-3-5-18(17)16-19/h1-2,6-9,16H,3-5,10-15H2,(H,25,26,30). The number of fused-ring (bicyclic) bond motifs is 2. The SMILES string of the molecule is O=C(CCc1nc2ccccc2c(=O)[nH]1)N1CCN(S(=O)(=O)c2ccc3c(c2)CCC3)CC1.